The van der Waals surface area contributed by atoms with Gasteiger partial charge in [0.25, 0.3) is 0 Å². The van der Waals surface area contributed by atoms with Crippen LogP contribution in [0.15, 0.2) is 48.5 Å². The third-order valence-electron chi connectivity index (χ3n) is 4.66. The van der Waals surface area contributed by atoms with Crippen molar-refractivity contribution in [3.63, 3.8) is 0 Å². The fourth-order valence-electron chi connectivity index (χ4n) is 3.48. The summed E-state index contributed by atoms with van der Waals surface area (Å²) in [6.07, 6.45) is 0.880. The number of aldehydes is 1. The fourth-order valence-corrected chi connectivity index (χ4v) is 4.48. The Morgan fingerprint density at radius 3 is 2.59 bits per heavy atom. The molecule has 0 atom stereocenters. The number of aromatic nitrogens is 2. The summed E-state index contributed by atoms with van der Waals surface area (Å²) < 4.78 is 13.2. The highest BCUT2D eigenvalue weighted by atomic mass is 32.1. The third kappa shape index (κ3) is 2.52. The molecule has 134 valence electrons. The number of imidazole rings is 1. The van der Waals surface area contributed by atoms with Crippen molar-refractivity contribution in [3.05, 3.63) is 59.1 Å². The highest BCUT2D eigenvalue weighted by Gasteiger charge is 2.22. The topological polar surface area (TPSA) is 52.8 Å². The first-order valence-corrected chi connectivity index (χ1v) is 9.50. The molecule has 0 radical (unpaired) electrons. The van der Waals surface area contributed by atoms with E-state index in [4.69, 9.17) is 14.5 Å². The molecule has 6 heteroatoms. The molecule has 0 unspecified atom stereocenters. The molecule has 2 aromatic heterocycles. The lowest BCUT2D eigenvalue weighted by molar-refractivity contribution is 0.111. The highest BCUT2D eigenvalue weighted by molar-refractivity contribution is 7.17. The molecule has 0 spiro atoms. The summed E-state index contributed by atoms with van der Waals surface area (Å²) in [5, 5.41) is 0. The summed E-state index contributed by atoms with van der Waals surface area (Å²) in [5.41, 5.74) is 4.12. The van der Waals surface area contributed by atoms with Crippen LogP contribution in [0.4, 0.5) is 0 Å². The Balaban J connectivity index is 1.73. The van der Waals surface area contributed by atoms with E-state index in [9.17, 15) is 4.79 Å². The van der Waals surface area contributed by atoms with Gasteiger partial charge in [-0.3, -0.25) is 9.20 Å². The number of rotatable bonds is 3. The summed E-state index contributed by atoms with van der Waals surface area (Å²) in [5.74, 6) is 1.41. The molecule has 5 nitrogen and oxygen atoms in total. The van der Waals surface area contributed by atoms with E-state index in [1.807, 2.05) is 52.9 Å². The maximum Gasteiger partial charge on any atom is 0.195 e. The van der Waals surface area contributed by atoms with Crippen LogP contribution in [0.5, 0.6) is 11.5 Å². The summed E-state index contributed by atoms with van der Waals surface area (Å²) in [6.45, 7) is 3.12. The lowest BCUT2D eigenvalue weighted by atomic mass is 10.1. The van der Waals surface area contributed by atoms with Gasteiger partial charge in [-0.1, -0.05) is 30.3 Å². The van der Waals surface area contributed by atoms with Gasteiger partial charge in [0.05, 0.1) is 5.69 Å². The van der Waals surface area contributed by atoms with Crippen LogP contribution >= 0.6 is 11.3 Å². The molecular weight excluding hydrogens is 360 g/mol. The van der Waals surface area contributed by atoms with E-state index in [0.717, 1.165) is 38.7 Å². The largest absolute Gasteiger partial charge is 0.486 e. The molecule has 27 heavy (non-hydrogen) atoms. The van der Waals surface area contributed by atoms with Crippen LogP contribution in [-0.2, 0) is 0 Å². The average Bonchev–Trinajstić information content (AvgIpc) is 3.22. The van der Waals surface area contributed by atoms with Gasteiger partial charge in [0.2, 0.25) is 0 Å². The van der Waals surface area contributed by atoms with Crippen LogP contribution in [0.25, 0.3) is 27.5 Å². The summed E-state index contributed by atoms with van der Waals surface area (Å²) in [6, 6.07) is 15.8. The Labute approximate surface area is 159 Å². The maximum absolute atomic E-state index is 12.0. The lowest BCUT2D eigenvalue weighted by Crippen LogP contribution is -2.15. The first-order chi connectivity index (χ1) is 13.3. The molecule has 0 saturated carbocycles. The number of thiazole rings is 1. The summed E-state index contributed by atoms with van der Waals surface area (Å²) in [4.78, 5) is 18.7. The maximum atomic E-state index is 12.0. The first kappa shape index (κ1) is 16.1. The van der Waals surface area contributed by atoms with Crippen LogP contribution in [-0.4, -0.2) is 28.9 Å². The molecule has 5 rings (SSSR count). The monoisotopic (exact) mass is 376 g/mol. The third-order valence-corrected chi connectivity index (χ3v) is 5.61. The Bertz CT molecular complexity index is 1160. The van der Waals surface area contributed by atoms with Gasteiger partial charge < -0.3 is 9.47 Å². The smallest absolute Gasteiger partial charge is 0.195 e. The molecule has 0 fully saturated rings. The second-order valence-electron chi connectivity index (χ2n) is 6.31. The summed E-state index contributed by atoms with van der Waals surface area (Å²) in [7, 11) is 0. The van der Waals surface area contributed by atoms with Crippen LogP contribution in [0.3, 0.4) is 0 Å². The molecule has 3 heterocycles. The van der Waals surface area contributed by atoms with E-state index >= 15 is 0 Å². The van der Waals surface area contributed by atoms with E-state index in [-0.39, 0.29) is 0 Å². The quantitative estimate of drug-likeness (QED) is 0.490. The predicted octanol–water partition coefficient (Wildman–Crippen LogP) is 4.62. The predicted molar refractivity (Wildman–Crippen MR) is 105 cm³/mol. The Hall–Kier alpha value is -3.12. The first-order valence-electron chi connectivity index (χ1n) is 8.68. The molecule has 0 bridgehead atoms. The van der Waals surface area contributed by atoms with Crippen molar-refractivity contribution < 1.29 is 14.3 Å². The molecule has 0 saturated heterocycles. The second-order valence-corrected chi connectivity index (χ2v) is 7.49. The zero-order valence-corrected chi connectivity index (χ0v) is 15.5. The highest BCUT2D eigenvalue weighted by Crippen LogP contribution is 2.38. The normalized spacial score (nSPS) is 13.1. The zero-order valence-electron chi connectivity index (χ0n) is 14.6. The molecule has 1 aliphatic heterocycles. The van der Waals surface area contributed by atoms with Crippen molar-refractivity contribution in [1.29, 1.82) is 0 Å². The molecular formula is C21H16N2O3S. The zero-order chi connectivity index (χ0) is 18.4. The average molecular weight is 376 g/mol. The minimum Gasteiger partial charge on any atom is -0.486 e. The van der Waals surface area contributed by atoms with Gasteiger partial charge >= 0.3 is 0 Å². The Morgan fingerprint density at radius 1 is 1.04 bits per heavy atom. The van der Waals surface area contributed by atoms with Gasteiger partial charge in [0.15, 0.2) is 22.7 Å². The van der Waals surface area contributed by atoms with Crippen molar-refractivity contribution in [2.45, 2.75) is 6.92 Å². The molecule has 1 aliphatic rings. The number of nitrogens with zero attached hydrogens (tertiary/aromatic N) is 2. The van der Waals surface area contributed by atoms with E-state index in [2.05, 4.69) is 6.92 Å². The van der Waals surface area contributed by atoms with Crippen LogP contribution < -0.4 is 9.47 Å². The van der Waals surface area contributed by atoms with Crippen molar-refractivity contribution in [1.82, 2.24) is 9.38 Å². The van der Waals surface area contributed by atoms with E-state index in [1.54, 1.807) is 11.3 Å². The van der Waals surface area contributed by atoms with Crippen molar-refractivity contribution >= 4 is 22.6 Å². The van der Waals surface area contributed by atoms with Gasteiger partial charge in [0.1, 0.15) is 24.6 Å². The minimum absolute atomic E-state index is 0.520. The van der Waals surface area contributed by atoms with Crippen molar-refractivity contribution in [3.8, 4) is 34.0 Å². The molecule has 4 aromatic rings. The number of benzene rings is 2. The van der Waals surface area contributed by atoms with Crippen molar-refractivity contribution in [2.24, 2.45) is 0 Å². The summed E-state index contributed by atoms with van der Waals surface area (Å²) >= 11 is 1.58. The molecule has 0 amide bonds. The Morgan fingerprint density at radius 2 is 1.81 bits per heavy atom. The van der Waals surface area contributed by atoms with Crippen LogP contribution in [0.2, 0.25) is 0 Å². The number of carbonyl (C=O) groups is 1. The number of hydrogen-bond acceptors (Lipinski definition) is 5. The molecule has 0 N–H and O–H groups in total. The van der Waals surface area contributed by atoms with Gasteiger partial charge in [-0.2, -0.15) is 0 Å². The number of aryl methyl sites for hydroxylation is 1. The van der Waals surface area contributed by atoms with E-state index in [1.165, 1.54) is 0 Å². The SMILES string of the molecule is Cc1sc2nc(-c3ccc4c(c3)OCCO4)c(C=O)n2c1-c1ccccc1. The molecule has 2 aromatic carbocycles. The van der Waals surface area contributed by atoms with Gasteiger partial charge in [0, 0.05) is 10.4 Å². The van der Waals surface area contributed by atoms with Gasteiger partial charge in [-0.25, -0.2) is 4.98 Å². The lowest BCUT2D eigenvalue weighted by Gasteiger charge is -2.18. The van der Waals surface area contributed by atoms with E-state index in [0.29, 0.717) is 30.4 Å². The Kier molecular flexibility index (Phi) is 3.72. The number of carbonyl (C=O) groups excluding carboxylic acids is 1. The van der Waals surface area contributed by atoms with Gasteiger partial charge in [-0.05, 0) is 30.7 Å². The van der Waals surface area contributed by atoms with E-state index < -0.39 is 0 Å². The van der Waals surface area contributed by atoms with Gasteiger partial charge in [-0.15, -0.1) is 11.3 Å². The second kappa shape index (κ2) is 6.25. The molecule has 0 aliphatic carbocycles. The van der Waals surface area contributed by atoms with Crippen LogP contribution in [0.1, 0.15) is 15.4 Å². The minimum atomic E-state index is 0.520. The van der Waals surface area contributed by atoms with Crippen LogP contribution in [0, 0.1) is 6.92 Å². The number of ether oxygens (including phenoxy) is 2. The standard InChI is InChI=1S/C21H16N2O3S/c1-13-20(14-5-3-2-4-6-14)23-16(12-24)19(22-21(23)27-13)15-7-8-17-18(11-15)26-10-9-25-17/h2-8,11-12H,9-10H2,1H3. The number of fused-ring (bicyclic) bond motifs is 2. The van der Waals surface area contributed by atoms with Crippen molar-refractivity contribution in [2.75, 3.05) is 13.2 Å². The number of hydrogen-bond donors (Lipinski definition) is 0. The fraction of sp³-hybridized carbons (Fsp3) is 0.143.